The van der Waals surface area contributed by atoms with Gasteiger partial charge in [-0.1, -0.05) is 65.3 Å². The van der Waals surface area contributed by atoms with Crippen LogP contribution in [0.25, 0.3) is 0 Å². The Bertz CT molecular complexity index is 1490. The molecule has 5 rings (SSSR count). The van der Waals surface area contributed by atoms with Gasteiger partial charge in [0.2, 0.25) is 19.2 Å². The standard InChI is InChI=1S/C35H51N4O8P/c1-7-25-17-35(25,48(44,45)8-2)37-30(40)28-16-26-19-39(28)31(41)29(34(4,5)6)36-32(42)46-21-22(3)12-9-10-13-23-14-11-15-24-18-38(20-27(23)24)33(43)47-26/h7,11,14-15,22,25-26,28-29H,1,8-10,12-13,16-21H2,2-6H3,(H,36,42)(H,37,40)(H,44,45)/t22-,25+,26-,28+,29-,35+/m1/s1. The second kappa shape index (κ2) is 13.9. The van der Waals surface area contributed by atoms with E-state index >= 15 is 0 Å². The van der Waals surface area contributed by atoms with Crippen LogP contribution in [0.1, 0.15) is 83.4 Å². The molecular formula is C35H51N4O8P. The topological polar surface area (TPSA) is 155 Å². The molecule has 0 radical (unpaired) electrons. The van der Waals surface area contributed by atoms with Gasteiger partial charge in [-0.05, 0) is 53.7 Å². The molecule has 2 fully saturated rings. The number of hydrogen-bond donors (Lipinski definition) is 3. The Hall–Kier alpha value is -3.37. The van der Waals surface area contributed by atoms with Gasteiger partial charge in [-0.15, -0.1) is 6.58 Å². The van der Waals surface area contributed by atoms with Gasteiger partial charge >= 0.3 is 12.2 Å². The molecular weight excluding hydrogens is 635 g/mol. The van der Waals surface area contributed by atoms with Crippen molar-refractivity contribution in [3.63, 3.8) is 0 Å². The molecule has 1 saturated heterocycles. The molecule has 4 amide bonds. The molecule has 3 aliphatic heterocycles. The third kappa shape index (κ3) is 7.30. The summed E-state index contributed by atoms with van der Waals surface area (Å²) in [4.78, 5) is 68.8. The van der Waals surface area contributed by atoms with Crippen molar-refractivity contribution < 1.29 is 38.1 Å². The molecule has 0 spiro atoms. The molecule has 3 N–H and O–H groups in total. The minimum absolute atomic E-state index is 0.00906. The maximum Gasteiger partial charge on any atom is 0.410 e. The summed E-state index contributed by atoms with van der Waals surface area (Å²) >= 11 is 0. The number of ether oxygens (including phenoxy) is 2. The zero-order valence-corrected chi connectivity index (χ0v) is 29.7. The normalized spacial score (nSPS) is 31.2. The van der Waals surface area contributed by atoms with Crippen molar-refractivity contribution in [1.82, 2.24) is 20.4 Å². The molecule has 1 aliphatic carbocycles. The minimum atomic E-state index is -3.81. The highest BCUT2D eigenvalue weighted by Crippen LogP contribution is 2.69. The van der Waals surface area contributed by atoms with Gasteiger partial charge in [0.1, 0.15) is 23.5 Å². The molecule has 12 nitrogen and oxygen atoms in total. The molecule has 1 aromatic rings. The Morgan fingerprint density at radius 1 is 1.21 bits per heavy atom. The maximum absolute atomic E-state index is 14.3. The Morgan fingerprint density at radius 2 is 1.94 bits per heavy atom. The summed E-state index contributed by atoms with van der Waals surface area (Å²) in [5, 5.41) is 4.20. The number of nitrogens with one attached hydrogen (secondary N) is 2. The zero-order chi connectivity index (χ0) is 35.0. The average molecular weight is 687 g/mol. The maximum atomic E-state index is 14.3. The lowest BCUT2D eigenvalue weighted by Crippen LogP contribution is -2.58. The van der Waals surface area contributed by atoms with E-state index in [1.807, 2.05) is 19.1 Å². The van der Waals surface area contributed by atoms with Crippen LogP contribution in [-0.2, 0) is 43.1 Å². The number of amides is 4. The molecule has 4 bridgehead atoms. The van der Waals surface area contributed by atoms with Crippen LogP contribution in [0, 0.1) is 17.3 Å². The minimum Gasteiger partial charge on any atom is -0.449 e. The largest absolute Gasteiger partial charge is 0.449 e. The number of alkyl carbamates (subject to hydrolysis) is 1. The van der Waals surface area contributed by atoms with E-state index in [-0.39, 0.29) is 38.1 Å². The van der Waals surface area contributed by atoms with Gasteiger partial charge in [0.05, 0.1) is 13.2 Å². The van der Waals surface area contributed by atoms with Gasteiger partial charge in [-0.2, -0.15) is 0 Å². The summed E-state index contributed by atoms with van der Waals surface area (Å²) in [5.41, 5.74) is 2.62. The second-order valence-electron chi connectivity index (χ2n) is 15.0. The monoisotopic (exact) mass is 686 g/mol. The molecule has 1 aromatic carbocycles. The van der Waals surface area contributed by atoms with Gasteiger partial charge in [0, 0.05) is 31.6 Å². The van der Waals surface area contributed by atoms with E-state index in [4.69, 9.17) is 9.47 Å². The smallest absolute Gasteiger partial charge is 0.410 e. The number of hydrogen-bond acceptors (Lipinski definition) is 7. The first-order valence-electron chi connectivity index (χ1n) is 17.2. The molecule has 0 aromatic heterocycles. The number of cyclic esters (lactones) is 1. The van der Waals surface area contributed by atoms with Crippen LogP contribution >= 0.6 is 7.37 Å². The third-order valence-corrected chi connectivity index (χ3v) is 13.1. The fourth-order valence-corrected chi connectivity index (χ4v) is 9.25. The molecule has 264 valence electrons. The number of aryl methyl sites for hydroxylation is 1. The molecule has 4 aliphatic rings. The van der Waals surface area contributed by atoms with Gasteiger partial charge in [0.25, 0.3) is 0 Å². The molecule has 1 saturated carbocycles. The number of carbonyl (C=O) groups excluding carboxylic acids is 4. The quantitative estimate of drug-likeness (QED) is 0.291. The van der Waals surface area contributed by atoms with E-state index in [1.165, 1.54) is 10.5 Å². The zero-order valence-electron chi connectivity index (χ0n) is 28.8. The lowest BCUT2D eigenvalue weighted by atomic mass is 9.85. The molecule has 3 heterocycles. The van der Waals surface area contributed by atoms with E-state index in [2.05, 4.69) is 23.3 Å². The van der Waals surface area contributed by atoms with Crippen molar-refractivity contribution in [3.05, 3.63) is 47.5 Å². The molecule has 7 atom stereocenters. The molecule has 48 heavy (non-hydrogen) atoms. The number of carbonyl (C=O) groups is 4. The van der Waals surface area contributed by atoms with E-state index in [1.54, 1.807) is 38.7 Å². The Balaban J connectivity index is 1.44. The number of fused-ring (bicyclic) bond motifs is 3. The number of nitrogens with zero attached hydrogens (tertiary/aromatic N) is 2. The number of benzene rings is 1. The van der Waals surface area contributed by atoms with Crippen molar-refractivity contribution in [2.45, 2.75) is 110 Å². The fraction of sp³-hybridized carbons (Fsp3) is 0.657. The van der Waals surface area contributed by atoms with Crippen LogP contribution in [0.3, 0.4) is 0 Å². The average Bonchev–Trinajstić information content (AvgIpc) is 3.35. The highest BCUT2D eigenvalue weighted by Gasteiger charge is 2.65. The Labute approximate surface area is 283 Å². The predicted molar refractivity (Wildman–Crippen MR) is 180 cm³/mol. The number of rotatable bonds is 5. The van der Waals surface area contributed by atoms with Crippen LogP contribution in [0.2, 0.25) is 0 Å². The lowest BCUT2D eigenvalue weighted by Gasteiger charge is -2.35. The highest BCUT2D eigenvalue weighted by atomic mass is 31.2. The summed E-state index contributed by atoms with van der Waals surface area (Å²) < 4.78 is 24.8. The van der Waals surface area contributed by atoms with Gasteiger partial charge in [-0.3, -0.25) is 19.1 Å². The second-order valence-corrected chi connectivity index (χ2v) is 17.9. The van der Waals surface area contributed by atoms with E-state index < -0.39 is 66.2 Å². The first-order chi connectivity index (χ1) is 22.6. The van der Waals surface area contributed by atoms with E-state index in [0.717, 1.165) is 36.8 Å². The van der Waals surface area contributed by atoms with E-state index in [0.29, 0.717) is 13.1 Å². The van der Waals surface area contributed by atoms with Crippen LogP contribution in [0.5, 0.6) is 0 Å². The summed E-state index contributed by atoms with van der Waals surface area (Å²) in [5.74, 6) is -1.43. The van der Waals surface area contributed by atoms with Crippen LogP contribution in [-0.4, -0.2) is 81.5 Å². The van der Waals surface area contributed by atoms with Crippen LogP contribution < -0.4 is 10.6 Å². The summed E-state index contributed by atoms with van der Waals surface area (Å²) in [6.07, 6.45) is 3.32. The van der Waals surface area contributed by atoms with Crippen molar-refractivity contribution in [3.8, 4) is 0 Å². The van der Waals surface area contributed by atoms with Crippen molar-refractivity contribution >= 4 is 31.4 Å². The molecule has 13 heteroatoms. The predicted octanol–water partition coefficient (Wildman–Crippen LogP) is 4.92. The summed E-state index contributed by atoms with van der Waals surface area (Å²) in [7, 11) is -3.81. The molecule has 1 unspecified atom stereocenters. The summed E-state index contributed by atoms with van der Waals surface area (Å²) in [6, 6.07) is 3.94. The Kier molecular flexibility index (Phi) is 10.4. The highest BCUT2D eigenvalue weighted by molar-refractivity contribution is 7.60. The summed E-state index contributed by atoms with van der Waals surface area (Å²) in [6.45, 7) is 13.7. The van der Waals surface area contributed by atoms with E-state index in [9.17, 15) is 28.6 Å². The van der Waals surface area contributed by atoms with Crippen LogP contribution in [0.4, 0.5) is 9.59 Å². The van der Waals surface area contributed by atoms with Crippen molar-refractivity contribution in [1.29, 1.82) is 0 Å². The van der Waals surface area contributed by atoms with Crippen LogP contribution in [0.15, 0.2) is 30.9 Å². The fourth-order valence-electron chi connectivity index (χ4n) is 7.30. The van der Waals surface area contributed by atoms with Gasteiger partial charge in [-0.25, -0.2) is 9.59 Å². The van der Waals surface area contributed by atoms with Gasteiger partial charge in [0.15, 0.2) is 0 Å². The first kappa shape index (κ1) is 35.9. The van der Waals surface area contributed by atoms with Crippen molar-refractivity contribution in [2.75, 3.05) is 19.3 Å². The first-order valence-corrected chi connectivity index (χ1v) is 19.0. The third-order valence-electron chi connectivity index (χ3n) is 10.4. The Morgan fingerprint density at radius 3 is 2.60 bits per heavy atom. The van der Waals surface area contributed by atoms with Crippen molar-refractivity contribution in [2.24, 2.45) is 17.3 Å². The van der Waals surface area contributed by atoms with Gasteiger partial charge < -0.3 is 29.9 Å². The SMILES string of the molecule is C=C[C@H]1C[C@]1(NC(=O)[C@@H]1C[C@@H]2CN1C(=O)[C@H](C(C)(C)C)NC(=O)OC[C@H](C)CCCCc1cccc3c1CN(C3)C(=O)O2)P(=O)(O)CC. The lowest BCUT2D eigenvalue weighted by molar-refractivity contribution is -0.142.